The van der Waals surface area contributed by atoms with E-state index < -0.39 is 6.09 Å². The van der Waals surface area contributed by atoms with Gasteiger partial charge in [0.05, 0.1) is 11.7 Å². The van der Waals surface area contributed by atoms with Crippen LogP contribution in [-0.2, 0) is 0 Å². The molecule has 0 bridgehead atoms. The summed E-state index contributed by atoms with van der Waals surface area (Å²) in [5.74, 6) is 0.203. The average molecular weight is 502 g/mol. The highest BCUT2D eigenvalue weighted by molar-refractivity contribution is 5.95. The number of aromatic nitrogens is 2. The van der Waals surface area contributed by atoms with Gasteiger partial charge in [-0.05, 0) is 61.8 Å². The Morgan fingerprint density at radius 3 is 2.46 bits per heavy atom. The van der Waals surface area contributed by atoms with Crippen molar-refractivity contribution in [3.8, 4) is 5.69 Å². The molecule has 9 nitrogen and oxygen atoms in total. The topological polar surface area (TPSA) is 117 Å². The molecule has 1 aliphatic carbocycles. The molecule has 37 heavy (non-hydrogen) atoms. The highest BCUT2D eigenvalue weighted by Crippen LogP contribution is 2.33. The lowest BCUT2D eigenvalue weighted by Crippen LogP contribution is -2.40. The largest absolute Gasteiger partial charge is 0.465 e. The van der Waals surface area contributed by atoms with Crippen molar-refractivity contribution in [2.24, 2.45) is 5.92 Å². The number of nitrogens with one attached hydrogen (secondary N) is 2. The Labute approximate surface area is 215 Å². The van der Waals surface area contributed by atoms with E-state index in [1.165, 1.54) is 9.47 Å². The predicted octanol–water partition coefficient (Wildman–Crippen LogP) is 3.98. The van der Waals surface area contributed by atoms with E-state index in [-0.39, 0.29) is 35.3 Å². The zero-order chi connectivity index (χ0) is 25.9. The summed E-state index contributed by atoms with van der Waals surface area (Å²) >= 11 is 0. The molecule has 1 unspecified atom stereocenters. The molecule has 0 spiro atoms. The second-order valence-electron chi connectivity index (χ2n) is 9.84. The van der Waals surface area contributed by atoms with E-state index in [0.717, 1.165) is 24.0 Å². The second kappa shape index (κ2) is 10.5. The Balaban J connectivity index is 1.44. The number of carboxylic acid groups (broad SMARTS) is 1. The first-order valence-electron chi connectivity index (χ1n) is 12.7. The Kier molecular flexibility index (Phi) is 6.94. The number of carbonyl (C=O) groups excluding carboxylic acids is 1. The highest BCUT2D eigenvalue weighted by atomic mass is 16.4. The monoisotopic (exact) mass is 501 g/mol. The van der Waals surface area contributed by atoms with Crippen LogP contribution in [0.15, 0.2) is 65.7 Å². The van der Waals surface area contributed by atoms with Gasteiger partial charge in [-0.3, -0.25) is 14.2 Å². The summed E-state index contributed by atoms with van der Waals surface area (Å²) < 4.78 is 1.52. The number of rotatable bonds is 7. The third kappa shape index (κ3) is 5.50. The first-order valence-corrected chi connectivity index (χ1v) is 12.7. The van der Waals surface area contributed by atoms with Crippen LogP contribution in [-0.4, -0.2) is 50.7 Å². The molecule has 5 rings (SSSR count). The molecule has 1 aromatic heterocycles. The summed E-state index contributed by atoms with van der Waals surface area (Å²) in [6.07, 6.45) is 5.64. The fourth-order valence-corrected chi connectivity index (χ4v) is 4.91. The van der Waals surface area contributed by atoms with Gasteiger partial charge >= 0.3 is 6.09 Å². The number of likely N-dealkylation sites (tertiary alicyclic amines) is 1. The third-order valence-corrected chi connectivity index (χ3v) is 7.22. The molecule has 3 N–H and O–H groups in total. The van der Waals surface area contributed by atoms with Crippen molar-refractivity contribution < 1.29 is 14.7 Å². The Morgan fingerprint density at radius 1 is 1.05 bits per heavy atom. The van der Waals surface area contributed by atoms with Gasteiger partial charge < -0.3 is 20.6 Å². The van der Waals surface area contributed by atoms with Crippen molar-refractivity contribution in [2.45, 2.75) is 44.7 Å². The van der Waals surface area contributed by atoms with Gasteiger partial charge in [-0.2, -0.15) is 0 Å². The Bertz CT molecular complexity index is 1340. The van der Waals surface area contributed by atoms with Crippen LogP contribution in [0.3, 0.4) is 0 Å². The molecule has 2 fully saturated rings. The third-order valence-electron chi connectivity index (χ3n) is 7.22. The summed E-state index contributed by atoms with van der Waals surface area (Å²) in [7, 11) is 0. The molecule has 1 saturated heterocycles. The van der Waals surface area contributed by atoms with Gasteiger partial charge in [0.2, 0.25) is 0 Å². The summed E-state index contributed by atoms with van der Waals surface area (Å²) in [5.41, 5.74) is 2.71. The van der Waals surface area contributed by atoms with Crippen LogP contribution >= 0.6 is 0 Å². The van der Waals surface area contributed by atoms with Crippen molar-refractivity contribution in [3.05, 3.63) is 88.0 Å². The first kappa shape index (κ1) is 24.5. The Morgan fingerprint density at radius 2 is 1.78 bits per heavy atom. The number of hydrogen-bond acceptors (Lipinski definition) is 5. The van der Waals surface area contributed by atoms with Gasteiger partial charge in [-0.25, -0.2) is 9.78 Å². The van der Waals surface area contributed by atoms with Crippen LogP contribution < -0.4 is 16.2 Å². The maximum atomic E-state index is 13.6. The molecule has 2 aromatic carbocycles. The summed E-state index contributed by atoms with van der Waals surface area (Å²) in [4.78, 5) is 43.4. The molecular weight excluding hydrogens is 470 g/mol. The van der Waals surface area contributed by atoms with Crippen molar-refractivity contribution in [1.29, 1.82) is 0 Å². The van der Waals surface area contributed by atoms with Crippen LogP contribution in [0.5, 0.6) is 0 Å². The van der Waals surface area contributed by atoms with Gasteiger partial charge in [0.1, 0.15) is 0 Å². The van der Waals surface area contributed by atoms with E-state index in [1.54, 1.807) is 24.5 Å². The molecule has 1 atom stereocenters. The lowest BCUT2D eigenvalue weighted by atomic mass is 9.85. The predicted molar refractivity (Wildman–Crippen MR) is 140 cm³/mol. The molecule has 3 aromatic rings. The molecule has 2 amide bonds. The maximum Gasteiger partial charge on any atom is 0.407 e. The van der Waals surface area contributed by atoms with Crippen molar-refractivity contribution in [1.82, 2.24) is 19.8 Å². The summed E-state index contributed by atoms with van der Waals surface area (Å²) in [5, 5.41) is 15.7. The van der Waals surface area contributed by atoms with Crippen LogP contribution in [0.2, 0.25) is 0 Å². The van der Waals surface area contributed by atoms with Crippen LogP contribution in [0.25, 0.3) is 5.69 Å². The van der Waals surface area contributed by atoms with E-state index in [9.17, 15) is 19.5 Å². The molecule has 2 aliphatic rings. The molecular formula is C28H31N5O4. The fraction of sp³-hybridized carbons (Fsp3) is 0.357. The maximum absolute atomic E-state index is 13.6. The minimum Gasteiger partial charge on any atom is -0.465 e. The van der Waals surface area contributed by atoms with E-state index >= 15 is 0 Å². The average Bonchev–Trinajstić information content (AvgIpc) is 3.73. The van der Waals surface area contributed by atoms with Gasteiger partial charge in [0.15, 0.2) is 5.82 Å². The number of piperidine rings is 1. The summed E-state index contributed by atoms with van der Waals surface area (Å²) in [6, 6.07) is 15.3. The minimum atomic E-state index is -0.904. The number of aryl methyl sites for hydroxylation is 1. The normalized spacial score (nSPS) is 16.7. The molecule has 192 valence electrons. The van der Waals surface area contributed by atoms with Gasteiger partial charge in [0, 0.05) is 37.1 Å². The van der Waals surface area contributed by atoms with Gasteiger partial charge in [0.25, 0.3) is 11.5 Å². The molecule has 9 heteroatoms. The second-order valence-corrected chi connectivity index (χ2v) is 9.84. The van der Waals surface area contributed by atoms with E-state index in [1.807, 2.05) is 43.3 Å². The number of anilines is 1. The first-order chi connectivity index (χ1) is 17.9. The van der Waals surface area contributed by atoms with Crippen LogP contribution in [0.4, 0.5) is 10.6 Å². The van der Waals surface area contributed by atoms with Crippen molar-refractivity contribution >= 4 is 17.8 Å². The quantitative estimate of drug-likeness (QED) is 0.451. The smallest absolute Gasteiger partial charge is 0.407 e. The minimum absolute atomic E-state index is 0.129. The molecule has 0 radical (unpaired) electrons. The van der Waals surface area contributed by atoms with Crippen LogP contribution in [0, 0.1) is 12.8 Å². The summed E-state index contributed by atoms with van der Waals surface area (Å²) in [6.45, 7) is 2.81. The highest BCUT2D eigenvalue weighted by Gasteiger charge is 2.30. The van der Waals surface area contributed by atoms with E-state index in [2.05, 4.69) is 15.6 Å². The standard InChI is InChI=1S/C28H31N5O4/c1-18-7-8-21(26(34)30-22-9-10-22)17-23(18)33-16-13-29-25(27(33)35)31-24(19-5-3-2-4-6-19)20-11-14-32(15-12-20)28(36)37/h2-8,13,16-17,20,22,24H,9-12,14-15H2,1H3,(H,29,31)(H,30,34)(H,36,37). The van der Waals surface area contributed by atoms with E-state index in [4.69, 9.17) is 0 Å². The van der Waals surface area contributed by atoms with Gasteiger partial charge in [-0.15, -0.1) is 0 Å². The molecule has 1 aliphatic heterocycles. The van der Waals surface area contributed by atoms with E-state index in [0.29, 0.717) is 37.2 Å². The SMILES string of the molecule is Cc1ccc(C(=O)NC2CC2)cc1-n1ccnc(NC(c2ccccc2)C2CCN(C(=O)O)CC2)c1=O. The number of hydrogen-bond donors (Lipinski definition) is 3. The number of nitrogens with zero attached hydrogens (tertiary/aromatic N) is 3. The Hall–Kier alpha value is -4.14. The van der Waals surface area contributed by atoms with Crippen LogP contribution in [0.1, 0.15) is 53.2 Å². The zero-order valence-corrected chi connectivity index (χ0v) is 20.8. The number of benzene rings is 2. The number of carbonyl (C=O) groups is 2. The zero-order valence-electron chi connectivity index (χ0n) is 20.8. The molecule has 2 heterocycles. The number of amides is 2. The van der Waals surface area contributed by atoms with Gasteiger partial charge in [-0.1, -0.05) is 36.4 Å². The van der Waals surface area contributed by atoms with Crippen molar-refractivity contribution in [2.75, 3.05) is 18.4 Å². The van der Waals surface area contributed by atoms with Crippen molar-refractivity contribution in [3.63, 3.8) is 0 Å². The lowest BCUT2D eigenvalue weighted by Gasteiger charge is -2.35. The molecule has 1 saturated carbocycles. The lowest BCUT2D eigenvalue weighted by molar-refractivity contribution is 0.0950. The fourth-order valence-electron chi connectivity index (χ4n) is 4.91.